The Balaban J connectivity index is 1.68. The van der Waals surface area contributed by atoms with Crippen LogP contribution < -0.4 is 5.32 Å². The van der Waals surface area contributed by atoms with Gasteiger partial charge in [0, 0.05) is 12.4 Å². The van der Waals surface area contributed by atoms with Gasteiger partial charge in [-0.05, 0) is 29.3 Å². The first-order valence-electron chi connectivity index (χ1n) is 9.37. The lowest BCUT2D eigenvalue weighted by molar-refractivity contribution is 1.03. The number of fused-ring (bicyclic) bond motifs is 1. The lowest BCUT2D eigenvalue weighted by Gasteiger charge is -2.14. The van der Waals surface area contributed by atoms with Crippen LogP contribution in [0, 0.1) is 0 Å². The van der Waals surface area contributed by atoms with Crippen molar-refractivity contribution in [3.05, 3.63) is 91.0 Å². The van der Waals surface area contributed by atoms with Gasteiger partial charge in [-0.25, -0.2) is 9.97 Å². The van der Waals surface area contributed by atoms with E-state index in [0.717, 1.165) is 39.1 Å². The molecule has 6 nitrogen and oxygen atoms in total. The predicted molar refractivity (Wildman–Crippen MR) is 114 cm³/mol. The highest BCUT2D eigenvalue weighted by molar-refractivity contribution is 6.02. The summed E-state index contributed by atoms with van der Waals surface area (Å²) in [6.45, 7) is 0.570. The molecule has 0 aliphatic rings. The fourth-order valence-electron chi connectivity index (χ4n) is 3.35. The lowest BCUT2D eigenvalue weighted by Crippen LogP contribution is -2.06. The molecule has 0 saturated carbocycles. The van der Waals surface area contributed by atoms with Gasteiger partial charge in [0.2, 0.25) is 0 Å². The van der Waals surface area contributed by atoms with Gasteiger partial charge in [0.15, 0.2) is 5.82 Å². The summed E-state index contributed by atoms with van der Waals surface area (Å²) >= 11 is 0. The Labute approximate surface area is 167 Å². The highest BCUT2D eigenvalue weighted by Crippen LogP contribution is 2.33. The minimum Gasteiger partial charge on any atom is -0.364 e. The van der Waals surface area contributed by atoms with Gasteiger partial charge < -0.3 is 5.32 Å². The Bertz CT molecular complexity index is 1230. The van der Waals surface area contributed by atoms with Crippen LogP contribution in [0.3, 0.4) is 0 Å². The van der Waals surface area contributed by atoms with Crippen LogP contribution in [0.25, 0.3) is 33.4 Å². The number of benzene rings is 2. The molecule has 3 aromatic heterocycles. The number of pyridine rings is 1. The SMILES string of the molecule is c1ccc(-c2cccc3nc(-c4cn[nH]c4)nc(NCc4ccccn4)c23)cc1. The zero-order chi connectivity index (χ0) is 19.5. The van der Waals surface area contributed by atoms with Crippen LogP contribution in [0.5, 0.6) is 0 Å². The van der Waals surface area contributed by atoms with Gasteiger partial charge in [-0.3, -0.25) is 10.1 Å². The quantitative estimate of drug-likeness (QED) is 0.464. The number of hydrogen-bond acceptors (Lipinski definition) is 5. The van der Waals surface area contributed by atoms with Gasteiger partial charge in [0.25, 0.3) is 0 Å². The van der Waals surface area contributed by atoms with Crippen LogP contribution in [0.1, 0.15) is 5.69 Å². The van der Waals surface area contributed by atoms with Crippen LogP contribution in [-0.4, -0.2) is 25.1 Å². The van der Waals surface area contributed by atoms with Crippen molar-refractivity contribution in [3.63, 3.8) is 0 Å². The highest BCUT2D eigenvalue weighted by Gasteiger charge is 2.14. The Morgan fingerprint density at radius 3 is 2.52 bits per heavy atom. The first-order chi connectivity index (χ1) is 14.4. The average Bonchev–Trinajstić information content (AvgIpc) is 3.33. The minimum absolute atomic E-state index is 0.570. The molecule has 3 heterocycles. The maximum Gasteiger partial charge on any atom is 0.165 e. The number of H-pyrrole nitrogens is 1. The van der Waals surface area contributed by atoms with E-state index in [1.807, 2.05) is 48.5 Å². The summed E-state index contributed by atoms with van der Waals surface area (Å²) in [6, 6.07) is 22.3. The fraction of sp³-hybridized carbons (Fsp3) is 0.0435. The van der Waals surface area contributed by atoms with Crippen LogP contribution in [0.15, 0.2) is 85.3 Å². The van der Waals surface area contributed by atoms with Crippen molar-refractivity contribution in [2.24, 2.45) is 0 Å². The molecule has 140 valence electrons. The third kappa shape index (κ3) is 3.43. The van der Waals surface area contributed by atoms with Crippen molar-refractivity contribution in [3.8, 4) is 22.5 Å². The number of rotatable bonds is 5. The Kier molecular flexibility index (Phi) is 4.42. The molecule has 2 aromatic carbocycles. The van der Waals surface area contributed by atoms with Crippen molar-refractivity contribution >= 4 is 16.7 Å². The van der Waals surface area contributed by atoms with E-state index in [2.05, 4.69) is 38.7 Å². The molecule has 0 aliphatic heterocycles. The summed E-state index contributed by atoms with van der Waals surface area (Å²) in [4.78, 5) is 14.0. The van der Waals surface area contributed by atoms with Crippen LogP contribution >= 0.6 is 0 Å². The Hall–Kier alpha value is -4.06. The minimum atomic E-state index is 0.570. The first kappa shape index (κ1) is 17.1. The summed E-state index contributed by atoms with van der Waals surface area (Å²) in [5.74, 6) is 1.40. The first-order valence-corrected chi connectivity index (χ1v) is 9.37. The molecule has 0 atom stereocenters. The van der Waals surface area contributed by atoms with E-state index >= 15 is 0 Å². The number of anilines is 1. The number of aromatic nitrogens is 5. The molecule has 0 bridgehead atoms. The van der Waals surface area contributed by atoms with Crippen molar-refractivity contribution in [2.75, 3.05) is 5.32 Å². The summed E-state index contributed by atoms with van der Waals surface area (Å²) < 4.78 is 0. The summed E-state index contributed by atoms with van der Waals surface area (Å²) in [6.07, 6.45) is 5.32. The molecule has 0 saturated heterocycles. The van der Waals surface area contributed by atoms with Crippen LogP contribution in [-0.2, 0) is 6.54 Å². The number of nitrogens with one attached hydrogen (secondary N) is 2. The second kappa shape index (κ2) is 7.52. The van der Waals surface area contributed by atoms with E-state index in [1.165, 1.54) is 0 Å². The summed E-state index contributed by atoms with van der Waals surface area (Å²) in [5.41, 5.74) is 4.88. The zero-order valence-corrected chi connectivity index (χ0v) is 15.6. The van der Waals surface area contributed by atoms with Crippen molar-refractivity contribution in [1.29, 1.82) is 0 Å². The largest absolute Gasteiger partial charge is 0.364 e. The molecule has 29 heavy (non-hydrogen) atoms. The third-order valence-corrected chi connectivity index (χ3v) is 4.73. The van der Waals surface area contributed by atoms with E-state index in [-0.39, 0.29) is 0 Å². The fourth-order valence-corrected chi connectivity index (χ4v) is 3.35. The molecule has 0 amide bonds. The van der Waals surface area contributed by atoms with Gasteiger partial charge in [-0.15, -0.1) is 0 Å². The standard InChI is InChI=1S/C23H18N6/c1-2-7-16(8-3-1)19-10-6-11-20-21(19)23(25-15-18-9-4-5-12-24-18)29-22(28-20)17-13-26-27-14-17/h1-14H,15H2,(H,26,27)(H,25,28,29). The molecule has 0 fully saturated rings. The maximum absolute atomic E-state index is 4.83. The molecule has 0 spiro atoms. The van der Waals surface area contributed by atoms with Crippen LogP contribution in [0.4, 0.5) is 5.82 Å². The molecule has 0 radical (unpaired) electrons. The Morgan fingerprint density at radius 2 is 1.72 bits per heavy atom. The molecule has 5 aromatic rings. The molecule has 5 rings (SSSR count). The lowest BCUT2D eigenvalue weighted by atomic mass is 10.0. The molecule has 0 unspecified atom stereocenters. The van der Waals surface area contributed by atoms with E-state index < -0.39 is 0 Å². The number of hydrogen-bond donors (Lipinski definition) is 2. The smallest absolute Gasteiger partial charge is 0.165 e. The monoisotopic (exact) mass is 378 g/mol. The van der Waals surface area contributed by atoms with Gasteiger partial charge in [-0.2, -0.15) is 5.10 Å². The van der Waals surface area contributed by atoms with E-state index in [9.17, 15) is 0 Å². The van der Waals surface area contributed by atoms with Crippen LogP contribution in [0.2, 0.25) is 0 Å². The molecule has 6 heteroatoms. The van der Waals surface area contributed by atoms with Gasteiger partial charge in [-0.1, -0.05) is 48.5 Å². The number of aromatic amines is 1. The Morgan fingerprint density at radius 1 is 0.828 bits per heavy atom. The van der Waals surface area contributed by atoms with E-state index in [4.69, 9.17) is 9.97 Å². The topological polar surface area (TPSA) is 79.4 Å². The van der Waals surface area contributed by atoms with E-state index in [0.29, 0.717) is 12.4 Å². The highest BCUT2D eigenvalue weighted by atomic mass is 15.1. The summed E-state index contributed by atoms with van der Waals surface area (Å²) in [7, 11) is 0. The van der Waals surface area contributed by atoms with Gasteiger partial charge in [0.05, 0.1) is 34.9 Å². The normalized spacial score (nSPS) is 10.9. The van der Waals surface area contributed by atoms with Crippen molar-refractivity contribution < 1.29 is 0 Å². The van der Waals surface area contributed by atoms with Gasteiger partial charge >= 0.3 is 0 Å². The van der Waals surface area contributed by atoms with E-state index in [1.54, 1.807) is 18.6 Å². The predicted octanol–water partition coefficient (Wildman–Crippen LogP) is 4.69. The second-order valence-corrected chi connectivity index (χ2v) is 6.62. The third-order valence-electron chi connectivity index (χ3n) is 4.73. The maximum atomic E-state index is 4.83. The molecule has 2 N–H and O–H groups in total. The molecule has 0 aliphatic carbocycles. The number of nitrogens with zero attached hydrogens (tertiary/aromatic N) is 4. The zero-order valence-electron chi connectivity index (χ0n) is 15.6. The van der Waals surface area contributed by atoms with Crippen molar-refractivity contribution in [2.45, 2.75) is 6.54 Å². The second-order valence-electron chi connectivity index (χ2n) is 6.62. The molecular weight excluding hydrogens is 360 g/mol. The average molecular weight is 378 g/mol. The van der Waals surface area contributed by atoms with Gasteiger partial charge in [0.1, 0.15) is 5.82 Å². The summed E-state index contributed by atoms with van der Waals surface area (Å²) in [5, 5.41) is 11.3. The molecular formula is C23H18N6. The van der Waals surface area contributed by atoms with Crippen molar-refractivity contribution in [1.82, 2.24) is 25.1 Å².